The van der Waals surface area contributed by atoms with Gasteiger partial charge in [0, 0.05) is 0 Å². The lowest BCUT2D eigenvalue weighted by molar-refractivity contribution is 0.589. The second-order valence-corrected chi connectivity index (χ2v) is 4.67. The third-order valence-electron chi connectivity index (χ3n) is 3.22. The summed E-state index contributed by atoms with van der Waals surface area (Å²) in [6.45, 7) is 2.26. The number of anilines is 1. The van der Waals surface area contributed by atoms with Crippen LogP contribution in [0.5, 0.6) is 0 Å². The van der Waals surface area contributed by atoms with Gasteiger partial charge in [0.1, 0.15) is 0 Å². The molecule has 2 heteroatoms. The fourth-order valence-corrected chi connectivity index (χ4v) is 2.15. The summed E-state index contributed by atoms with van der Waals surface area (Å²) in [5, 5.41) is 0. The van der Waals surface area contributed by atoms with Crippen LogP contribution in [0.4, 0.5) is 5.69 Å². The molecule has 1 rings (SSSR count). The first kappa shape index (κ1) is 14.0. The summed E-state index contributed by atoms with van der Waals surface area (Å²) in [4.78, 5) is 0. The summed E-state index contributed by atoms with van der Waals surface area (Å²) in [5.74, 6) is 5.49. The molecular formula is C15H26N2. The van der Waals surface area contributed by atoms with Crippen LogP contribution in [0, 0.1) is 0 Å². The number of hydrogen-bond donors (Lipinski definition) is 2. The number of nitrogen functional groups attached to an aromatic ring is 1. The number of hydrogen-bond acceptors (Lipinski definition) is 2. The van der Waals surface area contributed by atoms with Gasteiger partial charge in [0.25, 0.3) is 0 Å². The molecule has 0 saturated heterocycles. The summed E-state index contributed by atoms with van der Waals surface area (Å²) < 4.78 is 0. The van der Waals surface area contributed by atoms with E-state index in [2.05, 4.69) is 24.5 Å². The Bertz CT molecular complexity index is 297. The van der Waals surface area contributed by atoms with Crippen molar-refractivity contribution < 1.29 is 0 Å². The molecule has 0 atom stereocenters. The number of rotatable bonds is 9. The molecule has 0 aliphatic rings. The Morgan fingerprint density at radius 3 is 2.29 bits per heavy atom. The molecule has 0 heterocycles. The average molecular weight is 234 g/mol. The van der Waals surface area contributed by atoms with Gasteiger partial charge in [0.05, 0.1) is 5.69 Å². The Morgan fingerprint density at radius 1 is 0.941 bits per heavy atom. The third kappa shape index (κ3) is 5.73. The topological polar surface area (TPSA) is 38.0 Å². The summed E-state index contributed by atoms with van der Waals surface area (Å²) in [6.07, 6.45) is 10.6. The molecule has 2 nitrogen and oxygen atoms in total. The fourth-order valence-electron chi connectivity index (χ4n) is 2.15. The standard InChI is InChI=1S/C15H26N2/c1-2-3-4-5-6-7-8-11-14-12-9-10-13-15(14)17-16/h9-10,12-13,17H,2-8,11,16H2,1H3. The van der Waals surface area contributed by atoms with Crippen LogP contribution in [0.1, 0.15) is 57.4 Å². The monoisotopic (exact) mass is 234 g/mol. The first-order valence-electron chi connectivity index (χ1n) is 6.93. The lowest BCUT2D eigenvalue weighted by atomic mass is 10.0. The van der Waals surface area contributed by atoms with Crippen molar-refractivity contribution in [3.63, 3.8) is 0 Å². The Kier molecular flexibility index (Phi) is 7.48. The van der Waals surface area contributed by atoms with E-state index < -0.39 is 0 Å². The fraction of sp³-hybridized carbons (Fsp3) is 0.600. The van der Waals surface area contributed by atoms with E-state index in [0.29, 0.717) is 0 Å². The highest BCUT2D eigenvalue weighted by Gasteiger charge is 1.99. The van der Waals surface area contributed by atoms with Crippen molar-refractivity contribution in [3.8, 4) is 0 Å². The van der Waals surface area contributed by atoms with Gasteiger partial charge < -0.3 is 5.43 Å². The molecule has 3 N–H and O–H groups in total. The van der Waals surface area contributed by atoms with Crippen LogP contribution in [0.15, 0.2) is 24.3 Å². The lowest BCUT2D eigenvalue weighted by Crippen LogP contribution is -2.08. The van der Waals surface area contributed by atoms with Crippen LogP contribution in [0.2, 0.25) is 0 Å². The van der Waals surface area contributed by atoms with Crippen LogP contribution < -0.4 is 11.3 Å². The molecule has 0 fully saturated rings. The Labute approximate surface area is 106 Å². The molecule has 0 bridgehead atoms. The van der Waals surface area contributed by atoms with Gasteiger partial charge >= 0.3 is 0 Å². The minimum atomic E-state index is 1.07. The molecule has 0 amide bonds. The first-order valence-corrected chi connectivity index (χ1v) is 6.93. The Hall–Kier alpha value is -1.02. The minimum absolute atomic E-state index is 1.07. The molecule has 0 spiro atoms. The number of unbranched alkanes of at least 4 members (excludes halogenated alkanes) is 6. The van der Waals surface area contributed by atoms with Gasteiger partial charge in [-0.3, -0.25) is 5.84 Å². The van der Waals surface area contributed by atoms with Gasteiger partial charge in [-0.05, 0) is 24.5 Å². The van der Waals surface area contributed by atoms with Crippen LogP contribution in [0.25, 0.3) is 0 Å². The molecule has 0 aliphatic heterocycles. The van der Waals surface area contributed by atoms with Gasteiger partial charge in [-0.15, -0.1) is 0 Å². The van der Waals surface area contributed by atoms with E-state index in [-0.39, 0.29) is 0 Å². The molecule has 17 heavy (non-hydrogen) atoms. The molecule has 96 valence electrons. The summed E-state index contributed by atoms with van der Waals surface area (Å²) in [5.41, 5.74) is 5.17. The maximum Gasteiger partial charge on any atom is 0.0517 e. The smallest absolute Gasteiger partial charge is 0.0517 e. The summed E-state index contributed by atoms with van der Waals surface area (Å²) >= 11 is 0. The van der Waals surface area contributed by atoms with Crippen LogP contribution in [-0.2, 0) is 6.42 Å². The SMILES string of the molecule is CCCCCCCCCc1ccccc1NN. The molecule has 0 aliphatic carbocycles. The number of nitrogens with two attached hydrogens (primary N) is 1. The maximum atomic E-state index is 5.49. The second-order valence-electron chi connectivity index (χ2n) is 4.67. The van der Waals surface area contributed by atoms with E-state index in [1.54, 1.807) is 0 Å². The van der Waals surface area contributed by atoms with Gasteiger partial charge in [-0.25, -0.2) is 0 Å². The van der Waals surface area contributed by atoms with E-state index in [9.17, 15) is 0 Å². The molecule has 0 aromatic heterocycles. The molecular weight excluding hydrogens is 208 g/mol. The van der Waals surface area contributed by atoms with Crippen molar-refractivity contribution in [1.82, 2.24) is 0 Å². The minimum Gasteiger partial charge on any atom is -0.324 e. The molecule has 1 aromatic rings. The predicted octanol–water partition coefficient (Wildman–Crippen LogP) is 4.27. The maximum absolute atomic E-state index is 5.49. The van der Waals surface area contributed by atoms with Crippen molar-refractivity contribution in [2.75, 3.05) is 5.43 Å². The van der Waals surface area contributed by atoms with Crippen molar-refractivity contribution in [3.05, 3.63) is 29.8 Å². The Balaban J connectivity index is 2.13. The number of nitrogens with one attached hydrogen (secondary N) is 1. The van der Waals surface area contributed by atoms with E-state index >= 15 is 0 Å². The Morgan fingerprint density at radius 2 is 1.59 bits per heavy atom. The molecule has 1 aromatic carbocycles. The average Bonchev–Trinajstić information content (AvgIpc) is 2.38. The molecule has 0 radical (unpaired) electrons. The van der Waals surface area contributed by atoms with Crippen LogP contribution in [0.3, 0.4) is 0 Å². The lowest BCUT2D eigenvalue weighted by Gasteiger charge is -2.08. The van der Waals surface area contributed by atoms with E-state index in [0.717, 1.165) is 12.1 Å². The number of benzene rings is 1. The van der Waals surface area contributed by atoms with Crippen LogP contribution >= 0.6 is 0 Å². The first-order chi connectivity index (χ1) is 8.38. The van der Waals surface area contributed by atoms with Gasteiger partial charge in [-0.1, -0.05) is 63.6 Å². The summed E-state index contributed by atoms with van der Waals surface area (Å²) in [6, 6.07) is 8.30. The van der Waals surface area contributed by atoms with Gasteiger partial charge in [-0.2, -0.15) is 0 Å². The van der Waals surface area contributed by atoms with E-state index in [4.69, 9.17) is 5.84 Å². The van der Waals surface area contributed by atoms with Gasteiger partial charge in [0.2, 0.25) is 0 Å². The predicted molar refractivity (Wildman–Crippen MR) is 75.9 cm³/mol. The van der Waals surface area contributed by atoms with Crippen molar-refractivity contribution in [2.45, 2.75) is 58.3 Å². The largest absolute Gasteiger partial charge is 0.324 e. The van der Waals surface area contributed by atoms with Crippen molar-refractivity contribution in [2.24, 2.45) is 5.84 Å². The number of hydrazine groups is 1. The quantitative estimate of drug-likeness (QED) is 0.380. The molecule has 0 saturated carbocycles. The second kappa shape index (κ2) is 9.06. The molecule has 0 unspecified atom stereocenters. The number of aryl methyl sites for hydroxylation is 1. The van der Waals surface area contributed by atoms with Crippen molar-refractivity contribution in [1.29, 1.82) is 0 Å². The normalized spacial score (nSPS) is 10.5. The highest BCUT2D eigenvalue weighted by Crippen LogP contribution is 2.17. The van der Waals surface area contributed by atoms with E-state index in [1.807, 2.05) is 12.1 Å². The highest BCUT2D eigenvalue weighted by atomic mass is 15.2. The van der Waals surface area contributed by atoms with Crippen LogP contribution in [-0.4, -0.2) is 0 Å². The zero-order valence-electron chi connectivity index (χ0n) is 11.0. The van der Waals surface area contributed by atoms with E-state index in [1.165, 1.54) is 50.5 Å². The zero-order chi connectivity index (χ0) is 12.3. The zero-order valence-corrected chi connectivity index (χ0v) is 11.0. The highest BCUT2D eigenvalue weighted by molar-refractivity contribution is 5.49. The number of para-hydroxylation sites is 1. The van der Waals surface area contributed by atoms with Gasteiger partial charge in [0.15, 0.2) is 0 Å². The third-order valence-corrected chi connectivity index (χ3v) is 3.22. The summed E-state index contributed by atoms with van der Waals surface area (Å²) in [7, 11) is 0. The van der Waals surface area contributed by atoms with Crippen molar-refractivity contribution >= 4 is 5.69 Å².